The Morgan fingerprint density at radius 2 is 0.983 bits per heavy atom. The summed E-state index contributed by atoms with van der Waals surface area (Å²) < 4.78 is 36.3. The first-order chi connectivity index (χ1) is 28.4. The van der Waals surface area contributed by atoms with Gasteiger partial charge in [0, 0.05) is 22.3 Å². The Morgan fingerprint density at radius 3 is 1.42 bits per heavy atom. The molecule has 0 fully saturated rings. The van der Waals surface area contributed by atoms with Gasteiger partial charge in [-0.2, -0.15) is 0 Å². The van der Waals surface area contributed by atoms with Crippen molar-refractivity contribution in [1.82, 2.24) is 15.0 Å². The fourth-order valence-corrected chi connectivity index (χ4v) is 5.96. The molecule has 12 nitrogen and oxygen atoms in total. The van der Waals surface area contributed by atoms with E-state index in [4.69, 9.17) is 43.4 Å². The molecule has 0 spiro atoms. The van der Waals surface area contributed by atoms with Crippen LogP contribution in [0.4, 0.5) is 0 Å². The van der Waals surface area contributed by atoms with E-state index in [2.05, 4.69) is 34.3 Å². The van der Waals surface area contributed by atoms with E-state index in [0.29, 0.717) is 88.8 Å². The number of ether oxygens (including phenoxy) is 6. The Kier molecular flexibility index (Phi) is 18.3. The summed E-state index contributed by atoms with van der Waals surface area (Å²) in [7, 11) is 0. The van der Waals surface area contributed by atoms with E-state index in [0.717, 1.165) is 56.9 Å². The molecule has 0 aliphatic carbocycles. The lowest BCUT2D eigenvalue weighted by Gasteiger charge is -2.20. The Bertz CT molecular complexity index is 2020. The van der Waals surface area contributed by atoms with E-state index < -0.39 is 12.1 Å². The molecule has 1 atom stereocenters. The van der Waals surface area contributed by atoms with E-state index in [1.807, 2.05) is 44.2 Å². The molecule has 0 amide bonds. The average molecular weight is 814 g/mol. The van der Waals surface area contributed by atoms with Crippen molar-refractivity contribution in [2.75, 3.05) is 39.6 Å². The van der Waals surface area contributed by atoms with Gasteiger partial charge in [-0.15, -0.1) is 0 Å². The van der Waals surface area contributed by atoms with Gasteiger partial charge in [0.2, 0.25) is 0 Å². The van der Waals surface area contributed by atoms with Crippen LogP contribution in [-0.2, 0) is 9.53 Å². The number of esters is 1. The number of benzene rings is 3. The lowest BCUT2D eigenvalue weighted by molar-refractivity contribution is -0.142. The number of phenols is 1. The van der Waals surface area contributed by atoms with Crippen LogP contribution < -0.4 is 23.7 Å². The van der Waals surface area contributed by atoms with Crippen LogP contribution in [0.2, 0.25) is 0 Å². The third kappa shape index (κ3) is 12.6. The van der Waals surface area contributed by atoms with Crippen molar-refractivity contribution in [3.8, 4) is 68.7 Å². The summed E-state index contributed by atoms with van der Waals surface area (Å²) >= 11 is 0. The largest absolute Gasteiger partial charge is 0.507 e. The summed E-state index contributed by atoms with van der Waals surface area (Å²) in [6.45, 7) is 20.8. The lowest BCUT2D eigenvalue weighted by Crippen LogP contribution is -2.25. The van der Waals surface area contributed by atoms with Gasteiger partial charge in [-0.1, -0.05) is 60.0 Å². The number of unbranched alkanes of at least 4 members (excludes halogenated alkanes) is 4. The molecule has 1 unspecified atom stereocenters. The number of aliphatic hydroxyl groups is 1. The minimum atomic E-state index is -1.15. The summed E-state index contributed by atoms with van der Waals surface area (Å²) in [6, 6.07) is 11.0. The molecule has 3 aromatic carbocycles. The van der Waals surface area contributed by atoms with Crippen molar-refractivity contribution >= 4 is 5.97 Å². The Hall–Kier alpha value is -5.36. The minimum absolute atomic E-state index is 0.0165. The first-order valence-electron chi connectivity index (χ1n) is 21.0. The predicted octanol–water partition coefficient (Wildman–Crippen LogP) is 10.1. The first kappa shape index (κ1) is 46.3. The SMILES string of the molecule is C=C(C)C(=O)OCC(O)COc1c(-c2nc(-c3ccc(OCCCC)c(C)c3O)nc(-c3ccc(OCCCC)c(C)c3OCCCC)n2)ccc(OCCCC)c1C. The quantitative estimate of drug-likeness (QED) is 0.0372. The zero-order valence-corrected chi connectivity index (χ0v) is 36.2. The van der Waals surface area contributed by atoms with Gasteiger partial charge in [0.15, 0.2) is 17.5 Å². The molecule has 4 aromatic rings. The number of aromatic hydroxyl groups is 1. The fourth-order valence-electron chi connectivity index (χ4n) is 5.96. The normalized spacial score (nSPS) is 11.5. The van der Waals surface area contributed by atoms with Crippen molar-refractivity contribution < 1.29 is 43.4 Å². The highest BCUT2D eigenvalue weighted by Gasteiger charge is 2.25. The highest BCUT2D eigenvalue weighted by Crippen LogP contribution is 2.43. The maximum atomic E-state index is 12.0. The molecule has 1 aromatic heterocycles. The molecule has 12 heteroatoms. The molecule has 0 aliphatic rings. The molecule has 1 heterocycles. The number of phenolic OH excluding ortho intramolecular Hbond substituents is 1. The number of hydrogen-bond acceptors (Lipinski definition) is 12. The first-order valence-corrected chi connectivity index (χ1v) is 21.0. The number of hydrogen-bond donors (Lipinski definition) is 2. The maximum absolute atomic E-state index is 12.0. The predicted molar refractivity (Wildman–Crippen MR) is 231 cm³/mol. The molecule has 0 aliphatic heterocycles. The Labute approximate surface area is 349 Å². The molecule has 0 saturated carbocycles. The van der Waals surface area contributed by atoms with E-state index in [9.17, 15) is 15.0 Å². The standard InChI is InChI=1S/C47H63N3O9/c1-10-14-24-54-38-21-18-35(41(52)31(38)7)44-48-45(36-19-22-39(55-25-15-11-2)32(8)42(36)57-27-17-13-4)50-46(49-44)37-20-23-40(56-26-16-12-3)33(9)43(37)58-28-34(51)29-59-47(53)30(5)6/h18-23,34,51-52H,5,10-17,24-29H2,1-4,6-9H3. The van der Waals surface area contributed by atoms with Crippen LogP contribution in [0.25, 0.3) is 34.2 Å². The molecule has 0 bridgehead atoms. The number of aliphatic hydroxyl groups excluding tert-OH is 1. The third-order valence-electron chi connectivity index (χ3n) is 9.64. The molecule has 0 saturated heterocycles. The van der Waals surface area contributed by atoms with Crippen LogP contribution in [0, 0.1) is 20.8 Å². The van der Waals surface area contributed by atoms with Gasteiger partial charge in [-0.25, -0.2) is 19.7 Å². The summed E-state index contributed by atoms with van der Waals surface area (Å²) in [5, 5.41) is 22.5. The van der Waals surface area contributed by atoms with E-state index >= 15 is 0 Å². The zero-order chi connectivity index (χ0) is 42.9. The van der Waals surface area contributed by atoms with Gasteiger partial charge < -0.3 is 38.6 Å². The number of carbonyl (C=O) groups is 1. The molecular weight excluding hydrogens is 751 g/mol. The Balaban J connectivity index is 1.95. The molecule has 0 radical (unpaired) electrons. The molecule has 59 heavy (non-hydrogen) atoms. The van der Waals surface area contributed by atoms with Crippen LogP contribution in [0.5, 0.6) is 34.5 Å². The van der Waals surface area contributed by atoms with Gasteiger partial charge >= 0.3 is 5.97 Å². The van der Waals surface area contributed by atoms with Crippen LogP contribution in [0.15, 0.2) is 48.6 Å². The van der Waals surface area contributed by atoms with Crippen molar-refractivity contribution in [3.05, 3.63) is 65.2 Å². The summed E-state index contributed by atoms with van der Waals surface area (Å²) in [4.78, 5) is 27.1. The monoisotopic (exact) mass is 813 g/mol. The Morgan fingerprint density at radius 1 is 0.593 bits per heavy atom. The van der Waals surface area contributed by atoms with Gasteiger partial charge in [-0.3, -0.25) is 0 Å². The second kappa shape index (κ2) is 23.3. The van der Waals surface area contributed by atoms with Crippen molar-refractivity contribution in [3.63, 3.8) is 0 Å². The van der Waals surface area contributed by atoms with Gasteiger partial charge in [0.25, 0.3) is 0 Å². The average Bonchev–Trinajstić information content (AvgIpc) is 3.22. The highest BCUT2D eigenvalue weighted by atomic mass is 16.5. The van der Waals surface area contributed by atoms with Crippen molar-refractivity contribution in [2.24, 2.45) is 0 Å². The third-order valence-corrected chi connectivity index (χ3v) is 9.64. The van der Waals surface area contributed by atoms with Crippen LogP contribution in [0.3, 0.4) is 0 Å². The van der Waals surface area contributed by atoms with Crippen molar-refractivity contribution in [1.29, 1.82) is 0 Å². The zero-order valence-electron chi connectivity index (χ0n) is 36.2. The molecular formula is C47H63N3O9. The van der Waals surface area contributed by atoms with Crippen LogP contribution in [0.1, 0.15) is 103 Å². The topological polar surface area (TPSA) is 152 Å². The van der Waals surface area contributed by atoms with Gasteiger partial charge in [0.05, 0.1) is 43.1 Å². The fraction of sp³-hybridized carbons (Fsp3) is 0.489. The van der Waals surface area contributed by atoms with E-state index in [1.165, 1.54) is 6.92 Å². The number of carbonyl (C=O) groups excluding carboxylic acids is 1. The highest BCUT2D eigenvalue weighted by molar-refractivity contribution is 5.87. The smallest absolute Gasteiger partial charge is 0.333 e. The van der Waals surface area contributed by atoms with Crippen molar-refractivity contribution in [2.45, 2.75) is 113 Å². The van der Waals surface area contributed by atoms with E-state index in [1.54, 1.807) is 13.0 Å². The second-order valence-corrected chi connectivity index (χ2v) is 14.7. The number of rotatable bonds is 25. The molecule has 2 N–H and O–H groups in total. The number of nitrogens with zero attached hydrogens (tertiary/aromatic N) is 3. The second-order valence-electron chi connectivity index (χ2n) is 14.7. The van der Waals surface area contributed by atoms with Gasteiger partial charge in [0.1, 0.15) is 53.8 Å². The minimum Gasteiger partial charge on any atom is -0.507 e. The lowest BCUT2D eigenvalue weighted by atomic mass is 10.0. The number of aromatic nitrogens is 3. The van der Waals surface area contributed by atoms with Crippen LogP contribution in [-0.4, -0.2) is 76.9 Å². The van der Waals surface area contributed by atoms with E-state index in [-0.39, 0.29) is 36.2 Å². The summed E-state index contributed by atoms with van der Waals surface area (Å²) in [5.74, 6) is 2.99. The van der Waals surface area contributed by atoms with Gasteiger partial charge in [-0.05, 0) is 89.8 Å². The summed E-state index contributed by atoms with van der Waals surface area (Å²) in [6.07, 6.45) is 6.25. The van der Waals surface area contributed by atoms with Crippen LogP contribution >= 0.6 is 0 Å². The maximum Gasteiger partial charge on any atom is 0.333 e. The summed E-state index contributed by atoms with van der Waals surface area (Å²) in [5.41, 5.74) is 3.76. The molecule has 4 rings (SSSR count). The molecule has 320 valence electrons.